The van der Waals surface area contributed by atoms with Gasteiger partial charge in [0.05, 0.1) is 6.07 Å². The molecule has 0 saturated heterocycles. The number of carbonyl (C=O) groups is 1. The molecule has 0 radical (unpaired) electrons. The van der Waals surface area contributed by atoms with Gasteiger partial charge in [-0.25, -0.2) is 0 Å². The molecule has 0 aromatic carbocycles. The zero-order valence-electron chi connectivity index (χ0n) is 15.5. The van der Waals surface area contributed by atoms with Gasteiger partial charge in [0.2, 0.25) is 0 Å². The molecule has 0 aromatic heterocycles. The largest absolute Gasteiger partial charge is 0.462 e. The summed E-state index contributed by atoms with van der Waals surface area (Å²) in [7, 11) is 0. The summed E-state index contributed by atoms with van der Waals surface area (Å²) in [4.78, 5) is 11.6. The SMILES string of the molecule is CC(=O)OC1CCCC2=CC[C@@H]3[C@H](CC[C@]4(C)/C(=C/C#N)CC[C@@H]34)[C@H]21. The number of esters is 1. The molecule has 6 atom stereocenters. The molecule has 1 unspecified atom stereocenters. The van der Waals surface area contributed by atoms with Gasteiger partial charge in [0, 0.05) is 18.9 Å². The quantitative estimate of drug-likeness (QED) is 0.386. The Morgan fingerprint density at radius 2 is 2.16 bits per heavy atom. The maximum absolute atomic E-state index is 11.6. The first kappa shape index (κ1) is 16.9. The van der Waals surface area contributed by atoms with E-state index in [9.17, 15) is 4.79 Å². The third-order valence-electron chi connectivity index (χ3n) is 7.79. The van der Waals surface area contributed by atoms with Crippen LogP contribution in [0.25, 0.3) is 0 Å². The molecule has 0 heterocycles. The van der Waals surface area contributed by atoms with Crippen LogP contribution in [0.2, 0.25) is 0 Å². The maximum Gasteiger partial charge on any atom is 0.302 e. The fourth-order valence-electron chi connectivity index (χ4n) is 6.78. The van der Waals surface area contributed by atoms with E-state index >= 15 is 0 Å². The summed E-state index contributed by atoms with van der Waals surface area (Å²) in [5, 5.41) is 9.15. The molecular weight excluding hydrogens is 310 g/mol. The molecule has 0 spiro atoms. The van der Waals surface area contributed by atoms with Gasteiger partial charge in [0.25, 0.3) is 0 Å². The van der Waals surface area contributed by atoms with Crippen LogP contribution in [-0.4, -0.2) is 12.1 Å². The molecular formula is C22H29NO2. The van der Waals surface area contributed by atoms with Crippen molar-refractivity contribution in [3.63, 3.8) is 0 Å². The predicted molar refractivity (Wildman–Crippen MR) is 96.3 cm³/mol. The van der Waals surface area contributed by atoms with Crippen molar-refractivity contribution in [3.8, 4) is 6.07 Å². The van der Waals surface area contributed by atoms with Crippen LogP contribution in [0.1, 0.15) is 65.2 Å². The average molecular weight is 339 g/mol. The van der Waals surface area contributed by atoms with Crippen molar-refractivity contribution in [2.24, 2.45) is 29.1 Å². The van der Waals surface area contributed by atoms with Crippen molar-refractivity contribution >= 4 is 5.97 Å². The second kappa shape index (κ2) is 6.31. The molecule has 4 rings (SSSR count). The second-order valence-electron chi connectivity index (χ2n) is 8.81. The summed E-state index contributed by atoms with van der Waals surface area (Å²) in [6.07, 6.45) is 13.6. The van der Waals surface area contributed by atoms with Crippen LogP contribution < -0.4 is 0 Å². The minimum Gasteiger partial charge on any atom is -0.462 e. The van der Waals surface area contributed by atoms with Crippen molar-refractivity contribution in [2.45, 2.75) is 71.3 Å². The molecule has 25 heavy (non-hydrogen) atoms. The Bertz CT molecular complexity index is 670. The van der Waals surface area contributed by atoms with E-state index in [2.05, 4.69) is 19.1 Å². The number of carbonyl (C=O) groups excluding carboxylic acids is 1. The van der Waals surface area contributed by atoms with Crippen LogP contribution in [0.3, 0.4) is 0 Å². The summed E-state index contributed by atoms with van der Waals surface area (Å²) < 4.78 is 5.77. The lowest BCUT2D eigenvalue weighted by Crippen LogP contribution is -2.48. The number of hydrogen-bond donors (Lipinski definition) is 0. The van der Waals surface area contributed by atoms with Gasteiger partial charge in [-0.1, -0.05) is 24.1 Å². The van der Waals surface area contributed by atoms with E-state index in [0.29, 0.717) is 23.7 Å². The smallest absolute Gasteiger partial charge is 0.302 e. The zero-order chi connectivity index (χ0) is 17.6. The van der Waals surface area contributed by atoms with Crippen molar-refractivity contribution < 1.29 is 9.53 Å². The monoisotopic (exact) mass is 339 g/mol. The van der Waals surface area contributed by atoms with Crippen molar-refractivity contribution in [3.05, 3.63) is 23.3 Å². The van der Waals surface area contributed by atoms with Gasteiger partial charge >= 0.3 is 5.97 Å². The normalized spacial score (nSPS) is 44.1. The Balaban J connectivity index is 1.64. The van der Waals surface area contributed by atoms with Crippen LogP contribution in [-0.2, 0) is 9.53 Å². The van der Waals surface area contributed by atoms with E-state index in [4.69, 9.17) is 10.00 Å². The highest BCUT2D eigenvalue weighted by atomic mass is 16.5. The van der Waals surface area contributed by atoms with Crippen molar-refractivity contribution in [1.29, 1.82) is 5.26 Å². The second-order valence-corrected chi connectivity index (χ2v) is 8.81. The summed E-state index contributed by atoms with van der Waals surface area (Å²) in [5.74, 6) is 2.35. The molecule has 3 heteroatoms. The number of nitriles is 1. The molecule has 0 bridgehead atoms. The highest BCUT2D eigenvalue weighted by Gasteiger charge is 2.55. The lowest BCUT2D eigenvalue weighted by atomic mass is 9.52. The third-order valence-corrected chi connectivity index (χ3v) is 7.79. The van der Waals surface area contributed by atoms with Gasteiger partial charge in [-0.2, -0.15) is 5.26 Å². The van der Waals surface area contributed by atoms with Gasteiger partial charge in [-0.15, -0.1) is 0 Å². The van der Waals surface area contributed by atoms with Gasteiger partial charge in [0.1, 0.15) is 6.10 Å². The van der Waals surface area contributed by atoms with Gasteiger partial charge in [-0.3, -0.25) is 4.79 Å². The lowest BCUT2D eigenvalue weighted by Gasteiger charge is -2.53. The Kier molecular flexibility index (Phi) is 4.26. The van der Waals surface area contributed by atoms with E-state index in [-0.39, 0.29) is 17.5 Å². The Morgan fingerprint density at radius 1 is 1.32 bits per heavy atom. The van der Waals surface area contributed by atoms with E-state index in [1.807, 2.05) is 6.08 Å². The van der Waals surface area contributed by atoms with E-state index in [1.165, 1.54) is 37.7 Å². The Hall–Kier alpha value is -1.56. The number of nitrogens with zero attached hydrogens (tertiary/aromatic N) is 1. The van der Waals surface area contributed by atoms with Gasteiger partial charge in [-0.05, 0) is 74.5 Å². The maximum atomic E-state index is 11.6. The minimum atomic E-state index is -0.130. The molecule has 4 aliphatic rings. The standard InChI is InChI=1S/C22H29NO2/c1-14(24)25-20-5-3-4-15-6-8-17-18(21(15)20)10-12-22(2)16(11-13-23)7-9-19(17)22/h6,11,17-21H,3-5,7-10,12H2,1-2H3/b16-11+/t17-,18+,19+,20?,21+,22-/m1/s1. The number of hydrogen-bond acceptors (Lipinski definition) is 3. The number of fused-ring (bicyclic) bond motifs is 5. The van der Waals surface area contributed by atoms with Crippen LogP contribution >= 0.6 is 0 Å². The molecule has 0 aliphatic heterocycles. The zero-order valence-corrected chi connectivity index (χ0v) is 15.5. The number of allylic oxidation sites excluding steroid dienone is 3. The summed E-state index contributed by atoms with van der Waals surface area (Å²) in [6, 6.07) is 2.28. The average Bonchev–Trinajstić information content (AvgIpc) is 2.91. The first-order valence-corrected chi connectivity index (χ1v) is 10.00. The van der Waals surface area contributed by atoms with E-state index in [1.54, 1.807) is 12.5 Å². The van der Waals surface area contributed by atoms with Crippen LogP contribution in [0.5, 0.6) is 0 Å². The lowest BCUT2D eigenvalue weighted by molar-refractivity contribution is -0.152. The van der Waals surface area contributed by atoms with Crippen LogP contribution in [0, 0.1) is 40.4 Å². The highest BCUT2D eigenvalue weighted by Crippen LogP contribution is 2.63. The van der Waals surface area contributed by atoms with Crippen LogP contribution in [0.15, 0.2) is 23.3 Å². The molecule has 134 valence electrons. The summed E-state index contributed by atoms with van der Waals surface area (Å²) in [5.41, 5.74) is 3.16. The molecule has 0 amide bonds. The third kappa shape index (κ3) is 2.65. The first-order valence-electron chi connectivity index (χ1n) is 10.00. The number of ether oxygens (including phenoxy) is 1. The summed E-state index contributed by atoms with van der Waals surface area (Å²) >= 11 is 0. The highest BCUT2D eigenvalue weighted by molar-refractivity contribution is 5.66. The Morgan fingerprint density at radius 3 is 2.92 bits per heavy atom. The van der Waals surface area contributed by atoms with E-state index in [0.717, 1.165) is 19.3 Å². The first-order chi connectivity index (χ1) is 12.0. The fraction of sp³-hybridized carbons (Fsp3) is 0.727. The number of rotatable bonds is 1. The topological polar surface area (TPSA) is 50.1 Å². The van der Waals surface area contributed by atoms with Gasteiger partial charge < -0.3 is 4.74 Å². The molecule has 3 fully saturated rings. The fourth-order valence-corrected chi connectivity index (χ4v) is 6.78. The van der Waals surface area contributed by atoms with Crippen LogP contribution in [0.4, 0.5) is 0 Å². The molecule has 3 saturated carbocycles. The Labute approximate surface area is 151 Å². The molecule has 0 N–H and O–H groups in total. The van der Waals surface area contributed by atoms with Gasteiger partial charge in [0.15, 0.2) is 0 Å². The molecule has 4 aliphatic carbocycles. The molecule has 3 nitrogen and oxygen atoms in total. The minimum absolute atomic E-state index is 0.0881. The summed E-state index contributed by atoms with van der Waals surface area (Å²) in [6.45, 7) is 3.94. The predicted octanol–water partition coefficient (Wildman–Crippen LogP) is 4.94. The molecule has 0 aromatic rings. The van der Waals surface area contributed by atoms with Crippen molar-refractivity contribution in [1.82, 2.24) is 0 Å². The van der Waals surface area contributed by atoms with Crippen molar-refractivity contribution in [2.75, 3.05) is 0 Å². The van der Waals surface area contributed by atoms with E-state index < -0.39 is 0 Å².